The zero-order valence-corrected chi connectivity index (χ0v) is 30.1. The number of hydrogen-bond donors (Lipinski definition) is 3. The van der Waals surface area contributed by atoms with Crippen LogP contribution in [0, 0.1) is 0 Å². The van der Waals surface area contributed by atoms with E-state index in [-0.39, 0.29) is 12.5 Å². The van der Waals surface area contributed by atoms with Crippen molar-refractivity contribution in [2.24, 2.45) is 0 Å². The fraction of sp³-hybridized carbons (Fsp3) is 0.690. The number of amides is 1. The van der Waals surface area contributed by atoms with Crippen LogP contribution in [0.2, 0.25) is 0 Å². The molecule has 0 rings (SSSR count). The fourth-order valence-electron chi connectivity index (χ4n) is 5.22. The van der Waals surface area contributed by atoms with Crippen molar-refractivity contribution in [2.75, 3.05) is 6.61 Å². The molecule has 0 aromatic carbocycles. The van der Waals surface area contributed by atoms with Crippen molar-refractivity contribution >= 4 is 5.91 Å². The average Bonchev–Trinajstić information content (AvgIpc) is 3.06. The van der Waals surface area contributed by atoms with Crippen LogP contribution in [0.3, 0.4) is 0 Å². The maximum Gasteiger partial charge on any atom is 0.220 e. The number of aliphatic hydroxyl groups is 2. The van der Waals surface area contributed by atoms with E-state index in [4.69, 9.17) is 0 Å². The molecule has 4 heteroatoms. The van der Waals surface area contributed by atoms with Gasteiger partial charge in [-0.1, -0.05) is 157 Å². The van der Waals surface area contributed by atoms with Gasteiger partial charge in [0.15, 0.2) is 0 Å². The van der Waals surface area contributed by atoms with Crippen LogP contribution in [-0.4, -0.2) is 34.9 Å². The molecule has 1 amide bonds. The van der Waals surface area contributed by atoms with Crippen molar-refractivity contribution in [2.45, 2.75) is 180 Å². The summed E-state index contributed by atoms with van der Waals surface area (Å²) < 4.78 is 0. The number of aliphatic hydroxyl groups excluding tert-OH is 2. The lowest BCUT2D eigenvalue weighted by Crippen LogP contribution is -2.45. The van der Waals surface area contributed by atoms with E-state index in [2.05, 4.69) is 79.9 Å². The summed E-state index contributed by atoms with van der Waals surface area (Å²) in [6.07, 6.45) is 52.8. The van der Waals surface area contributed by atoms with Crippen LogP contribution in [0.15, 0.2) is 72.9 Å². The number of carbonyl (C=O) groups excluding carboxylic acids is 1. The van der Waals surface area contributed by atoms with Gasteiger partial charge in [0, 0.05) is 6.42 Å². The number of carbonyl (C=O) groups is 1. The molecule has 4 nitrogen and oxygen atoms in total. The summed E-state index contributed by atoms with van der Waals surface area (Å²) in [7, 11) is 0. The molecule has 46 heavy (non-hydrogen) atoms. The van der Waals surface area contributed by atoms with Crippen molar-refractivity contribution < 1.29 is 15.0 Å². The third-order valence-electron chi connectivity index (χ3n) is 8.15. The number of nitrogens with one attached hydrogen (secondary N) is 1. The standard InChI is InChI=1S/C42H73NO3/c1-3-5-7-9-11-13-15-17-18-19-20-21-22-23-24-26-27-29-31-33-35-37-41(45)40(39-44)43-42(46)38-36-34-32-30-28-25-16-14-12-10-8-6-4-2/h6,8,12,14,22-23,25,27-29,35,37,40-41,44-45H,3-5,7,9-11,13,15-21,24,26,30-34,36,38-39H2,1-2H3,(H,43,46)/b8-6-,14-12-,23-22+,28-25-,29-27+,37-35+. The zero-order chi connectivity index (χ0) is 33.6. The summed E-state index contributed by atoms with van der Waals surface area (Å²) in [4.78, 5) is 12.3. The predicted octanol–water partition coefficient (Wildman–Crippen LogP) is 11.6. The van der Waals surface area contributed by atoms with E-state index in [9.17, 15) is 15.0 Å². The van der Waals surface area contributed by atoms with Crippen LogP contribution >= 0.6 is 0 Å². The number of rotatable bonds is 33. The number of unbranched alkanes of at least 4 members (excludes halogenated alkanes) is 16. The Morgan fingerprint density at radius 1 is 0.543 bits per heavy atom. The van der Waals surface area contributed by atoms with Gasteiger partial charge < -0.3 is 15.5 Å². The SMILES string of the molecule is CC/C=C\C/C=C\C/C=C\CCCCCC(=O)NC(CO)C(O)/C=C/CC/C=C/CC/C=C/CCCCCCCCCCCCC. The predicted molar refractivity (Wildman–Crippen MR) is 202 cm³/mol. The molecule has 3 N–H and O–H groups in total. The first kappa shape index (κ1) is 43.8. The smallest absolute Gasteiger partial charge is 0.220 e. The number of hydrogen-bond acceptors (Lipinski definition) is 3. The lowest BCUT2D eigenvalue weighted by Gasteiger charge is -2.19. The highest BCUT2D eigenvalue weighted by atomic mass is 16.3. The molecule has 264 valence electrons. The van der Waals surface area contributed by atoms with Gasteiger partial charge in [-0.15, -0.1) is 0 Å². The largest absolute Gasteiger partial charge is 0.394 e. The third kappa shape index (κ3) is 33.2. The molecular weight excluding hydrogens is 566 g/mol. The van der Waals surface area contributed by atoms with Crippen LogP contribution < -0.4 is 5.32 Å². The number of allylic oxidation sites excluding steroid dienone is 11. The van der Waals surface area contributed by atoms with Crippen LogP contribution in [0.4, 0.5) is 0 Å². The van der Waals surface area contributed by atoms with Gasteiger partial charge in [0.05, 0.1) is 18.8 Å². The molecule has 0 bridgehead atoms. The molecule has 0 fully saturated rings. The summed E-state index contributed by atoms with van der Waals surface area (Å²) >= 11 is 0. The van der Waals surface area contributed by atoms with Crippen molar-refractivity contribution in [3.8, 4) is 0 Å². The van der Waals surface area contributed by atoms with Crippen LogP contribution in [0.1, 0.15) is 168 Å². The van der Waals surface area contributed by atoms with E-state index in [1.54, 1.807) is 6.08 Å². The van der Waals surface area contributed by atoms with Gasteiger partial charge in [-0.25, -0.2) is 0 Å². The van der Waals surface area contributed by atoms with E-state index in [0.29, 0.717) is 6.42 Å². The van der Waals surface area contributed by atoms with Gasteiger partial charge in [-0.2, -0.15) is 0 Å². The highest BCUT2D eigenvalue weighted by molar-refractivity contribution is 5.76. The Bertz CT molecular complexity index is 823. The lowest BCUT2D eigenvalue weighted by atomic mass is 10.1. The quantitative estimate of drug-likeness (QED) is 0.0494. The minimum atomic E-state index is -0.884. The molecule has 0 radical (unpaired) electrons. The molecule has 0 aromatic heterocycles. The second-order valence-corrected chi connectivity index (χ2v) is 12.6. The average molecular weight is 640 g/mol. The van der Waals surface area contributed by atoms with Gasteiger partial charge in [0.2, 0.25) is 5.91 Å². The first-order chi connectivity index (χ1) is 22.7. The Labute approximate surface area is 285 Å². The van der Waals surface area contributed by atoms with Crippen molar-refractivity contribution in [3.63, 3.8) is 0 Å². The van der Waals surface area contributed by atoms with Gasteiger partial charge in [0.25, 0.3) is 0 Å². The molecular formula is C42H73NO3. The molecule has 2 unspecified atom stereocenters. The zero-order valence-electron chi connectivity index (χ0n) is 30.1. The maximum absolute atomic E-state index is 12.3. The van der Waals surface area contributed by atoms with Crippen molar-refractivity contribution in [3.05, 3.63) is 72.9 Å². The Kier molecular flexibility index (Phi) is 35.5. The maximum atomic E-state index is 12.3. The van der Waals surface area contributed by atoms with Crippen molar-refractivity contribution in [1.29, 1.82) is 0 Å². The van der Waals surface area contributed by atoms with E-state index >= 15 is 0 Å². The Balaban J connectivity index is 3.75. The lowest BCUT2D eigenvalue weighted by molar-refractivity contribution is -0.123. The summed E-state index contributed by atoms with van der Waals surface area (Å²) in [5, 5.41) is 22.8. The highest BCUT2D eigenvalue weighted by Crippen LogP contribution is 2.12. The molecule has 0 heterocycles. The molecule has 2 atom stereocenters. The first-order valence-corrected chi connectivity index (χ1v) is 19.2. The van der Waals surface area contributed by atoms with Crippen LogP contribution in [-0.2, 0) is 4.79 Å². The first-order valence-electron chi connectivity index (χ1n) is 19.2. The van der Waals surface area contributed by atoms with Gasteiger partial charge >= 0.3 is 0 Å². The summed E-state index contributed by atoms with van der Waals surface area (Å²) in [5.74, 6) is -0.111. The molecule has 0 spiro atoms. The second kappa shape index (κ2) is 37.3. The molecule has 0 saturated carbocycles. The topological polar surface area (TPSA) is 69.6 Å². The van der Waals surface area contributed by atoms with Gasteiger partial charge in [-0.3, -0.25) is 4.79 Å². The molecule has 0 aliphatic heterocycles. The third-order valence-corrected chi connectivity index (χ3v) is 8.15. The Hall–Kier alpha value is -2.17. The molecule has 0 aromatic rings. The summed E-state index contributed by atoms with van der Waals surface area (Å²) in [5.41, 5.74) is 0. The Morgan fingerprint density at radius 2 is 0.978 bits per heavy atom. The summed E-state index contributed by atoms with van der Waals surface area (Å²) in [6.45, 7) is 4.14. The molecule has 0 aliphatic carbocycles. The normalized spacial score (nSPS) is 13.9. The van der Waals surface area contributed by atoms with E-state index in [1.807, 2.05) is 6.08 Å². The monoisotopic (exact) mass is 640 g/mol. The van der Waals surface area contributed by atoms with Gasteiger partial charge in [0.1, 0.15) is 0 Å². The van der Waals surface area contributed by atoms with Crippen LogP contribution in [0.25, 0.3) is 0 Å². The van der Waals surface area contributed by atoms with Crippen molar-refractivity contribution in [1.82, 2.24) is 5.32 Å². The highest BCUT2D eigenvalue weighted by Gasteiger charge is 2.17. The minimum Gasteiger partial charge on any atom is -0.394 e. The molecule has 0 saturated heterocycles. The fourth-order valence-corrected chi connectivity index (χ4v) is 5.22. The second-order valence-electron chi connectivity index (χ2n) is 12.6. The summed E-state index contributed by atoms with van der Waals surface area (Å²) in [6, 6.07) is -0.662. The Morgan fingerprint density at radius 3 is 1.52 bits per heavy atom. The minimum absolute atomic E-state index is 0.111. The van der Waals surface area contributed by atoms with E-state index in [1.165, 1.54) is 77.0 Å². The van der Waals surface area contributed by atoms with Crippen LogP contribution in [0.5, 0.6) is 0 Å². The van der Waals surface area contributed by atoms with E-state index in [0.717, 1.165) is 70.6 Å². The van der Waals surface area contributed by atoms with Gasteiger partial charge in [-0.05, 0) is 77.0 Å². The molecule has 0 aliphatic rings. The van der Waals surface area contributed by atoms with E-state index < -0.39 is 12.1 Å².